The van der Waals surface area contributed by atoms with Crippen molar-refractivity contribution in [3.05, 3.63) is 35.5 Å². The minimum atomic E-state index is -0.360. The number of thiophene rings is 1. The molecule has 4 nitrogen and oxygen atoms in total. The number of hydrogen-bond donors (Lipinski definition) is 1. The van der Waals surface area contributed by atoms with E-state index in [1.807, 2.05) is 33.0 Å². The molecule has 19 heavy (non-hydrogen) atoms. The summed E-state index contributed by atoms with van der Waals surface area (Å²) < 4.78 is 0. The van der Waals surface area contributed by atoms with Gasteiger partial charge >= 0.3 is 0 Å². The van der Waals surface area contributed by atoms with E-state index in [4.69, 9.17) is 0 Å². The van der Waals surface area contributed by atoms with Crippen LogP contribution in [0.1, 0.15) is 23.5 Å². The predicted molar refractivity (Wildman–Crippen MR) is 77.5 cm³/mol. The quantitative estimate of drug-likeness (QED) is 0.869. The molecule has 1 N–H and O–H groups in total. The first-order chi connectivity index (χ1) is 8.99. The van der Waals surface area contributed by atoms with E-state index in [-0.39, 0.29) is 11.6 Å². The average molecular weight is 273 g/mol. The van der Waals surface area contributed by atoms with Gasteiger partial charge in [-0.15, -0.1) is 11.3 Å². The molecule has 0 atom stereocenters. The maximum absolute atomic E-state index is 12.2. The molecule has 98 valence electrons. The molecule has 0 aromatic carbocycles. The number of carbonyl (C=O) groups excluding carboxylic acids is 1. The van der Waals surface area contributed by atoms with Crippen LogP contribution in [0.25, 0.3) is 10.4 Å². The molecule has 1 aliphatic rings. The number of aromatic nitrogens is 1. The van der Waals surface area contributed by atoms with Crippen molar-refractivity contribution in [3.8, 4) is 10.4 Å². The number of hydrogen-bond acceptors (Lipinski definition) is 4. The van der Waals surface area contributed by atoms with Crippen LogP contribution in [-0.4, -0.2) is 23.6 Å². The van der Waals surface area contributed by atoms with Gasteiger partial charge in [-0.1, -0.05) is 0 Å². The number of pyridine rings is 1. The number of fused-ring (bicyclic) bond motifs is 1. The SMILES string of the molecule is CN1c2cc(-c3ccncc3)sc2C(=O)NC1(C)C. The van der Waals surface area contributed by atoms with Gasteiger partial charge in [-0.3, -0.25) is 9.78 Å². The summed E-state index contributed by atoms with van der Waals surface area (Å²) in [4.78, 5) is 20.1. The Hall–Kier alpha value is -1.88. The van der Waals surface area contributed by atoms with E-state index in [0.29, 0.717) is 0 Å². The maximum Gasteiger partial charge on any atom is 0.265 e. The Labute approximate surface area is 116 Å². The minimum absolute atomic E-state index is 0.00315. The third-order valence-corrected chi connectivity index (χ3v) is 4.67. The van der Waals surface area contributed by atoms with Crippen LogP contribution in [0.15, 0.2) is 30.6 Å². The highest BCUT2D eigenvalue weighted by atomic mass is 32.1. The Bertz CT molecular complexity index is 633. The van der Waals surface area contributed by atoms with Crippen molar-refractivity contribution in [1.29, 1.82) is 0 Å². The summed E-state index contributed by atoms with van der Waals surface area (Å²) in [5, 5.41) is 3.01. The van der Waals surface area contributed by atoms with E-state index in [1.165, 1.54) is 11.3 Å². The summed E-state index contributed by atoms with van der Waals surface area (Å²) in [6.45, 7) is 4.00. The standard InChI is InChI=1S/C14H15N3OS/c1-14(2)16-13(18)12-10(17(14)3)8-11(19-12)9-4-6-15-7-5-9/h4-8H,1-3H3,(H,16,18). The summed E-state index contributed by atoms with van der Waals surface area (Å²) in [6.07, 6.45) is 3.53. The van der Waals surface area contributed by atoms with E-state index in [2.05, 4.69) is 21.3 Å². The van der Waals surface area contributed by atoms with Crippen molar-refractivity contribution < 1.29 is 4.79 Å². The molecule has 0 saturated carbocycles. The topological polar surface area (TPSA) is 45.2 Å². The van der Waals surface area contributed by atoms with Crippen molar-refractivity contribution in [2.45, 2.75) is 19.5 Å². The van der Waals surface area contributed by atoms with Gasteiger partial charge in [-0.2, -0.15) is 0 Å². The van der Waals surface area contributed by atoms with E-state index < -0.39 is 0 Å². The van der Waals surface area contributed by atoms with Crippen LogP contribution in [-0.2, 0) is 0 Å². The van der Waals surface area contributed by atoms with Gasteiger partial charge in [0, 0.05) is 24.3 Å². The number of nitrogens with zero attached hydrogens (tertiary/aromatic N) is 2. The zero-order valence-corrected chi connectivity index (χ0v) is 11.9. The lowest BCUT2D eigenvalue weighted by molar-refractivity contribution is 0.0906. The molecule has 3 heterocycles. The number of rotatable bonds is 1. The zero-order chi connectivity index (χ0) is 13.6. The summed E-state index contributed by atoms with van der Waals surface area (Å²) in [5.74, 6) is 0.00315. The molecule has 1 aliphatic heterocycles. The molecule has 0 unspecified atom stereocenters. The Morgan fingerprint density at radius 1 is 1.32 bits per heavy atom. The highest BCUT2D eigenvalue weighted by Gasteiger charge is 2.35. The van der Waals surface area contributed by atoms with Crippen molar-refractivity contribution in [3.63, 3.8) is 0 Å². The molecule has 5 heteroatoms. The molecule has 0 spiro atoms. The second-order valence-electron chi connectivity index (χ2n) is 5.13. The molecular formula is C14H15N3OS. The molecule has 0 aliphatic carbocycles. The first kappa shape index (κ1) is 12.2. The second kappa shape index (κ2) is 4.06. The second-order valence-corrected chi connectivity index (χ2v) is 6.19. The van der Waals surface area contributed by atoms with Gasteiger partial charge in [0.25, 0.3) is 5.91 Å². The van der Waals surface area contributed by atoms with Crippen LogP contribution >= 0.6 is 11.3 Å². The van der Waals surface area contributed by atoms with Gasteiger partial charge in [0.05, 0.1) is 5.69 Å². The van der Waals surface area contributed by atoms with E-state index >= 15 is 0 Å². The van der Waals surface area contributed by atoms with Crippen molar-refractivity contribution >= 4 is 22.9 Å². The van der Waals surface area contributed by atoms with Gasteiger partial charge in [0.2, 0.25) is 0 Å². The Balaban J connectivity index is 2.11. The monoisotopic (exact) mass is 273 g/mol. The highest BCUT2D eigenvalue weighted by Crippen LogP contribution is 2.40. The maximum atomic E-state index is 12.2. The fourth-order valence-electron chi connectivity index (χ4n) is 2.17. The Morgan fingerprint density at radius 2 is 2.00 bits per heavy atom. The average Bonchev–Trinajstić information content (AvgIpc) is 2.82. The Morgan fingerprint density at radius 3 is 2.68 bits per heavy atom. The van der Waals surface area contributed by atoms with E-state index in [9.17, 15) is 4.79 Å². The molecule has 1 amide bonds. The number of amides is 1. The first-order valence-corrected chi connectivity index (χ1v) is 6.91. The van der Waals surface area contributed by atoms with E-state index in [0.717, 1.165) is 21.0 Å². The molecular weight excluding hydrogens is 258 g/mol. The third kappa shape index (κ3) is 1.90. The molecule has 3 rings (SSSR count). The van der Waals surface area contributed by atoms with Crippen LogP contribution in [0.4, 0.5) is 5.69 Å². The van der Waals surface area contributed by atoms with Crippen LogP contribution in [0.2, 0.25) is 0 Å². The summed E-state index contributed by atoms with van der Waals surface area (Å²) in [5.41, 5.74) is 1.72. The highest BCUT2D eigenvalue weighted by molar-refractivity contribution is 7.18. The predicted octanol–water partition coefficient (Wildman–Crippen LogP) is 2.73. The number of nitrogens with one attached hydrogen (secondary N) is 1. The number of anilines is 1. The van der Waals surface area contributed by atoms with Crippen LogP contribution in [0.3, 0.4) is 0 Å². The minimum Gasteiger partial charge on any atom is -0.351 e. The molecule has 0 fully saturated rings. The molecule has 2 aromatic rings. The molecule has 0 radical (unpaired) electrons. The van der Waals surface area contributed by atoms with Crippen LogP contribution in [0.5, 0.6) is 0 Å². The summed E-state index contributed by atoms with van der Waals surface area (Å²) in [7, 11) is 2.00. The van der Waals surface area contributed by atoms with Crippen LogP contribution in [0, 0.1) is 0 Å². The number of carbonyl (C=O) groups is 1. The van der Waals surface area contributed by atoms with Crippen molar-refractivity contribution in [2.24, 2.45) is 0 Å². The summed E-state index contributed by atoms with van der Waals surface area (Å²) in [6, 6.07) is 6.00. The third-order valence-electron chi connectivity index (χ3n) is 3.50. The first-order valence-electron chi connectivity index (χ1n) is 6.09. The van der Waals surface area contributed by atoms with E-state index in [1.54, 1.807) is 12.4 Å². The molecule has 0 saturated heterocycles. The molecule has 0 bridgehead atoms. The molecule has 2 aromatic heterocycles. The normalized spacial score (nSPS) is 17.0. The van der Waals surface area contributed by atoms with Gasteiger partial charge in [-0.25, -0.2) is 0 Å². The van der Waals surface area contributed by atoms with Crippen molar-refractivity contribution in [2.75, 3.05) is 11.9 Å². The van der Waals surface area contributed by atoms with Crippen LogP contribution < -0.4 is 10.2 Å². The van der Waals surface area contributed by atoms with Gasteiger partial charge in [0.1, 0.15) is 10.5 Å². The van der Waals surface area contributed by atoms with Crippen molar-refractivity contribution in [1.82, 2.24) is 10.3 Å². The fraction of sp³-hybridized carbons (Fsp3) is 0.286. The smallest absolute Gasteiger partial charge is 0.265 e. The lowest BCUT2D eigenvalue weighted by atomic mass is 10.1. The van der Waals surface area contributed by atoms with Gasteiger partial charge in [0.15, 0.2) is 0 Å². The lowest BCUT2D eigenvalue weighted by Gasteiger charge is -2.41. The fourth-order valence-corrected chi connectivity index (χ4v) is 3.26. The summed E-state index contributed by atoms with van der Waals surface area (Å²) >= 11 is 1.52. The van der Waals surface area contributed by atoms with Gasteiger partial charge in [-0.05, 0) is 37.6 Å². The zero-order valence-electron chi connectivity index (χ0n) is 11.1. The largest absolute Gasteiger partial charge is 0.351 e. The lowest BCUT2D eigenvalue weighted by Crippen LogP contribution is -2.58. The Kier molecular flexibility index (Phi) is 2.60. The van der Waals surface area contributed by atoms with Gasteiger partial charge < -0.3 is 10.2 Å².